The summed E-state index contributed by atoms with van der Waals surface area (Å²) >= 11 is 7.90. The van der Waals surface area contributed by atoms with Gasteiger partial charge in [0.05, 0.1) is 16.4 Å². The third-order valence-electron chi connectivity index (χ3n) is 3.83. The average Bonchev–Trinajstić information content (AvgIpc) is 3.16. The summed E-state index contributed by atoms with van der Waals surface area (Å²) < 4.78 is 1.84. The Balaban J connectivity index is 1.86. The van der Waals surface area contributed by atoms with Crippen LogP contribution in [-0.2, 0) is 4.79 Å². The van der Waals surface area contributed by atoms with E-state index in [9.17, 15) is 4.79 Å². The standard InChI is InChI=1S/C16H12ClN3OS/c17-12-3-1-2-4-13(12)20-9-18-15-11(10-5-6-22-8-10)7-14(21)19-16(15)20/h1-6,8-9,11H,7H2,(H,19,21)/t11-/m0/s1. The molecule has 2 aromatic heterocycles. The summed E-state index contributed by atoms with van der Waals surface area (Å²) in [5.74, 6) is 0.705. The van der Waals surface area contributed by atoms with Crippen molar-refractivity contribution < 1.29 is 4.79 Å². The van der Waals surface area contributed by atoms with Crippen LogP contribution < -0.4 is 5.32 Å². The van der Waals surface area contributed by atoms with Crippen LogP contribution in [-0.4, -0.2) is 15.5 Å². The fourth-order valence-electron chi connectivity index (χ4n) is 2.79. The molecule has 22 heavy (non-hydrogen) atoms. The highest BCUT2D eigenvalue weighted by Gasteiger charge is 2.31. The third-order valence-corrected chi connectivity index (χ3v) is 4.85. The number of nitrogens with one attached hydrogen (secondary N) is 1. The zero-order valence-corrected chi connectivity index (χ0v) is 13.1. The highest BCUT2D eigenvalue weighted by molar-refractivity contribution is 7.08. The second-order valence-corrected chi connectivity index (χ2v) is 6.35. The molecule has 3 aromatic rings. The maximum absolute atomic E-state index is 12.1. The molecule has 1 aliphatic rings. The first-order chi connectivity index (χ1) is 10.7. The maximum Gasteiger partial charge on any atom is 0.226 e. The molecule has 0 bridgehead atoms. The summed E-state index contributed by atoms with van der Waals surface area (Å²) in [7, 11) is 0. The van der Waals surface area contributed by atoms with Crippen LogP contribution >= 0.6 is 22.9 Å². The van der Waals surface area contributed by atoms with Crippen LogP contribution in [0.15, 0.2) is 47.4 Å². The van der Waals surface area contributed by atoms with Crippen LogP contribution in [0.1, 0.15) is 23.6 Å². The number of halogens is 1. The summed E-state index contributed by atoms with van der Waals surface area (Å²) in [5.41, 5.74) is 2.83. The van der Waals surface area contributed by atoms with Crippen LogP contribution in [0.5, 0.6) is 0 Å². The molecule has 4 rings (SSSR count). The van der Waals surface area contributed by atoms with Crippen LogP contribution in [0.4, 0.5) is 5.82 Å². The topological polar surface area (TPSA) is 46.9 Å². The van der Waals surface area contributed by atoms with Gasteiger partial charge in [0.15, 0.2) is 0 Å². The Hall–Kier alpha value is -2.11. The highest BCUT2D eigenvalue weighted by atomic mass is 35.5. The van der Waals surface area contributed by atoms with E-state index in [1.165, 1.54) is 0 Å². The van der Waals surface area contributed by atoms with E-state index in [2.05, 4.69) is 15.7 Å². The number of fused-ring (bicyclic) bond motifs is 1. The van der Waals surface area contributed by atoms with Crippen LogP contribution in [0.3, 0.4) is 0 Å². The van der Waals surface area contributed by atoms with Crippen molar-refractivity contribution in [1.29, 1.82) is 0 Å². The molecule has 4 nitrogen and oxygen atoms in total. The van der Waals surface area contributed by atoms with Gasteiger partial charge in [-0.25, -0.2) is 4.98 Å². The second-order valence-electron chi connectivity index (χ2n) is 5.16. The fraction of sp³-hybridized carbons (Fsp3) is 0.125. The van der Waals surface area contributed by atoms with Gasteiger partial charge in [-0.05, 0) is 34.5 Å². The van der Waals surface area contributed by atoms with Crippen molar-refractivity contribution in [3.63, 3.8) is 0 Å². The van der Waals surface area contributed by atoms with Gasteiger partial charge in [-0.3, -0.25) is 9.36 Å². The van der Waals surface area contributed by atoms with E-state index in [1.54, 1.807) is 17.7 Å². The van der Waals surface area contributed by atoms with Gasteiger partial charge in [-0.1, -0.05) is 23.7 Å². The van der Waals surface area contributed by atoms with Crippen LogP contribution in [0.25, 0.3) is 5.69 Å². The number of carbonyl (C=O) groups is 1. The number of thiophene rings is 1. The van der Waals surface area contributed by atoms with Gasteiger partial charge in [0.2, 0.25) is 5.91 Å². The summed E-state index contributed by atoms with van der Waals surface area (Å²) in [6, 6.07) is 9.57. The number of aromatic nitrogens is 2. The molecule has 6 heteroatoms. The summed E-state index contributed by atoms with van der Waals surface area (Å²) in [5, 5.41) is 7.64. The number of amides is 1. The second kappa shape index (κ2) is 5.26. The van der Waals surface area contributed by atoms with Crippen LogP contribution in [0.2, 0.25) is 5.02 Å². The Kier molecular flexibility index (Phi) is 3.24. The molecule has 0 radical (unpaired) electrons. The van der Waals surface area contributed by atoms with Gasteiger partial charge in [0.1, 0.15) is 12.1 Å². The van der Waals surface area contributed by atoms with Gasteiger partial charge in [0.25, 0.3) is 0 Å². The first-order valence-electron chi connectivity index (χ1n) is 6.88. The number of benzene rings is 1. The minimum atomic E-state index is -0.00231. The molecule has 1 N–H and O–H groups in total. The van der Waals surface area contributed by atoms with Gasteiger partial charge in [0, 0.05) is 12.3 Å². The van der Waals surface area contributed by atoms with E-state index in [1.807, 2.05) is 40.3 Å². The van der Waals surface area contributed by atoms with E-state index in [0.29, 0.717) is 17.3 Å². The van der Waals surface area contributed by atoms with Crippen molar-refractivity contribution in [3.05, 3.63) is 63.7 Å². The van der Waals surface area contributed by atoms with E-state index in [-0.39, 0.29) is 11.8 Å². The first kappa shape index (κ1) is 13.5. The minimum absolute atomic E-state index is 0.00117. The maximum atomic E-state index is 12.1. The van der Waals surface area contributed by atoms with Crippen molar-refractivity contribution in [2.75, 3.05) is 5.32 Å². The Morgan fingerprint density at radius 3 is 2.95 bits per heavy atom. The molecular weight excluding hydrogens is 318 g/mol. The lowest BCUT2D eigenvalue weighted by atomic mass is 9.92. The van der Waals surface area contributed by atoms with Gasteiger partial charge in [-0.15, -0.1) is 0 Å². The third kappa shape index (κ3) is 2.14. The van der Waals surface area contributed by atoms with Crippen molar-refractivity contribution >= 4 is 34.7 Å². The zero-order valence-electron chi connectivity index (χ0n) is 11.5. The average molecular weight is 330 g/mol. The van der Waals surface area contributed by atoms with Crippen LogP contribution in [0, 0.1) is 0 Å². The van der Waals surface area contributed by atoms with E-state index in [4.69, 9.17) is 11.6 Å². The Bertz CT molecular complexity index is 841. The number of imidazole rings is 1. The van der Waals surface area contributed by atoms with Crippen molar-refractivity contribution in [1.82, 2.24) is 9.55 Å². The van der Waals surface area contributed by atoms with E-state index in [0.717, 1.165) is 16.9 Å². The quantitative estimate of drug-likeness (QED) is 0.770. The molecule has 3 heterocycles. The van der Waals surface area contributed by atoms with E-state index >= 15 is 0 Å². The molecule has 1 aromatic carbocycles. The number of para-hydroxylation sites is 1. The number of nitrogens with zero attached hydrogens (tertiary/aromatic N) is 2. The molecule has 110 valence electrons. The molecule has 1 amide bonds. The Morgan fingerprint density at radius 2 is 2.18 bits per heavy atom. The monoisotopic (exact) mass is 329 g/mol. The lowest BCUT2D eigenvalue weighted by Gasteiger charge is -2.22. The summed E-state index contributed by atoms with van der Waals surface area (Å²) in [4.78, 5) is 16.7. The lowest BCUT2D eigenvalue weighted by Crippen LogP contribution is -2.24. The SMILES string of the molecule is O=C1C[C@@H](c2ccsc2)c2ncn(-c3ccccc3Cl)c2N1. The molecule has 1 aliphatic heterocycles. The lowest BCUT2D eigenvalue weighted by molar-refractivity contribution is -0.116. The molecule has 1 atom stereocenters. The zero-order chi connectivity index (χ0) is 15.1. The minimum Gasteiger partial charge on any atom is -0.310 e. The summed E-state index contributed by atoms with van der Waals surface area (Å²) in [6.45, 7) is 0. The number of rotatable bonds is 2. The van der Waals surface area contributed by atoms with Gasteiger partial charge in [-0.2, -0.15) is 11.3 Å². The molecule has 0 unspecified atom stereocenters. The molecule has 0 spiro atoms. The van der Waals surface area contributed by atoms with Gasteiger partial charge < -0.3 is 5.32 Å². The largest absolute Gasteiger partial charge is 0.310 e. The molecule has 0 saturated carbocycles. The Morgan fingerprint density at radius 1 is 1.32 bits per heavy atom. The Labute approximate surface area is 136 Å². The molecule has 0 aliphatic carbocycles. The molecular formula is C16H12ClN3OS. The number of anilines is 1. The van der Waals surface area contributed by atoms with Crippen molar-refractivity contribution in [2.24, 2.45) is 0 Å². The number of hydrogen-bond donors (Lipinski definition) is 1. The summed E-state index contributed by atoms with van der Waals surface area (Å²) in [6.07, 6.45) is 2.14. The highest BCUT2D eigenvalue weighted by Crippen LogP contribution is 2.38. The molecule has 0 fully saturated rings. The first-order valence-corrected chi connectivity index (χ1v) is 8.20. The van der Waals surface area contributed by atoms with Crippen molar-refractivity contribution in [2.45, 2.75) is 12.3 Å². The van der Waals surface area contributed by atoms with Gasteiger partial charge >= 0.3 is 0 Å². The predicted octanol–water partition coefficient (Wildman–Crippen LogP) is 4.06. The normalized spacial score (nSPS) is 17.1. The number of carbonyl (C=O) groups excluding carboxylic acids is 1. The van der Waals surface area contributed by atoms with Crippen molar-refractivity contribution in [3.8, 4) is 5.69 Å². The fourth-order valence-corrected chi connectivity index (χ4v) is 3.73. The predicted molar refractivity (Wildman–Crippen MR) is 88.0 cm³/mol. The number of hydrogen-bond acceptors (Lipinski definition) is 3. The molecule has 0 saturated heterocycles. The smallest absolute Gasteiger partial charge is 0.226 e. The van der Waals surface area contributed by atoms with E-state index < -0.39 is 0 Å².